The highest BCUT2D eigenvalue weighted by molar-refractivity contribution is 6.30. The van der Waals surface area contributed by atoms with Gasteiger partial charge in [0.15, 0.2) is 0 Å². The van der Waals surface area contributed by atoms with Crippen molar-refractivity contribution < 1.29 is 41.8 Å². The minimum atomic E-state index is -4.88. The molecule has 3 aromatic rings. The van der Waals surface area contributed by atoms with Gasteiger partial charge in [-0.1, -0.05) is 35.0 Å². The number of methoxy groups -OCH3 is 1. The number of fused-ring (bicyclic) bond motifs is 2. The van der Waals surface area contributed by atoms with Crippen LogP contribution in [0.25, 0.3) is 0 Å². The molecule has 1 fully saturated rings. The van der Waals surface area contributed by atoms with Gasteiger partial charge in [0.2, 0.25) is 5.60 Å². The standard InChI is InChI=1S/C36H39ClF3N3O6/c1-21(42-49-34(5,6)32(45)48-33(2,3)4)23-16-25(18-27(17-23)46-7)41-30(22-8-10-24(37)11-9-22)31(44)43-20-35(14-15-35)28-13-12-26(19-29(28)43)47-36(38,39)40/h8-13,16-19,30,41H,14-15,20H2,1-7H3. The van der Waals surface area contributed by atoms with Crippen molar-refractivity contribution in [2.24, 2.45) is 5.16 Å². The highest BCUT2D eigenvalue weighted by Crippen LogP contribution is 2.57. The predicted molar refractivity (Wildman–Crippen MR) is 180 cm³/mol. The van der Waals surface area contributed by atoms with Crippen molar-refractivity contribution in [1.82, 2.24) is 0 Å². The van der Waals surface area contributed by atoms with Crippen LogP contribution in [0.2, 0.25) is 5.02 Å². The Bertz CT molecular complexity index is 1760. The van der Waals surface area contributed by atoms with Crippen LogP contribution < -0.4 is 19.7 Å². The van der Waals surface area contributed by atoms with Crippen LogP contribution in [-0.4, -0.2) is 48.8 Å². The molecule has 0 bridgehead atoms. The van der Waals surface area contributed by atoms with E-state index >= 15 is 0 Å². The molecule has 9 nitrogen and oxygen atoms in total. The van der Waals surface area contributed by atoms with Crippen molar-refractivity contribution in [3.05, 3.63) is 82.4 Å². The van der Waals surface area contributed by atoms with E-state index in [1.54, 1.807) is 90.1 Å². The normalized spacial score (nSPS) is 16.1. The van der Waals surface area contributed by atoms with Crippen molar-refractivity contribution in [1.29, 1.82) is 0 Å². The number of hydrogen-bond donors (Lipinski definition) is 1. The Kier molecular flexibility index (Phi) is 9.59. The first kappa shape index (κ1) is 35.8. The van der Waals surface area contributed by atoms with Crippen molar-refractivity contribution in [3.63, 3.8) is 0 Å². The fourth-order valence-corrected chi connectivity index (χ4v) is 5.70. The molecule has 1 saturated carbocycles. The molecule has 1 heterocycles. The molecule has 0 radical (unpaired) electrons. The number of benzene rings is 3. The number of halogens is 4. The third-order valence-corrected chi connectivity index (χ3v) is 8.52. The Morgan fingerprint density at radius 3 is 2.22 bits per heavy atom. The van der Waals surface area contributed by atoms with Gasteiger partial charge in [-0.25, -0.2) is 4.79 Å². The number of ether oxygens (including phenoxy) is 3. The Morgan fingerprint density at radius 2 is 1.63 bits per heavy atom. The second-order valence-corrected chi connectivity index (χ2v) is 14.2. The molecule has 13 heteroatoms. The Hall–Kier alpha value is -4.45. The van der Waals surface area contributed by atoms with Crippen LogP contribution in [-0.2, 0) is 24.6 Å². The molecular weight excluding hydrogens is 663 g/mol. The average Bonchev–Trinajstić information content (AvgIpc) is 3.72. The zero-order chi connectivity index (χ0) is 35.9. The van der Waals surface area contributed by atoms with Crippen molar-refractivity contribution in [2.45, 2.75) is 83.4 Å². The summed E-state index contributed by atoms with van der Waals surface area (Å²) < 4.78 is 54.6. The number of nitrogens with one attached hydrogen (secondary N) is 1. The van der Waals surface area contributed by atoms with Gasteiger partial charge in [-0.15, -0.1) is 13.2 Å². The van der Waals surface area contributed by atoms with Gasteiger partial charge >= 0.3 is 12.3 Å². The number of oxime groups is 1. The lowest BCUT2D eigenvalue weighted by Gasteiger charge is -2.27. The van der Waals surface area contributed by atoms with E-state index in [0.717, 1.165) is 18.4 Å². The smallest absolute Gasteiger partial charge is 0.497 e. The van der Waals surface area contributed by atoms with Gasteiger partial charge in [-0.05, 0) is 95.8 Å². The van der Waals surface area contributed by atoms with Crippen LogP contribution in [0.5, 0.6) is 11.5 Å². The van der Waals surface area contributed by atoms with Gasteiger partial charge in [-0.3, -0.25) is 4.79 Å². The molecule has 1 unspecified atom stereocenters. The number of esters is 1. The monoisotopic (exact) mass is 701 g/mol. The topological polar surface area (TPSA) is 98.7 Å². The molecule has 1 amide bonds. The van der Waals surface area contributed by atoms with Crippen LogP contribution in [0.15, 0.2) is 65.8 Å². The summed E-state index contributed by atoms with van der Waals surface area (Å²) in [6.45, 7) is 10.4. The molecular formula is C36H39ClF3N3O6. The van der Waals surface area contributed by atoms with Gasteiger partial charge < -0.3 is 29.3 Å². The molecule has 0 aromatic heterocycles. The number of carbonyl (C=O) groups excluding carboxylic acids is 2. The maximum absolute atomic E-state index is 14.5. The Balaban J connectivity index is 1.47. The van der Waals surface area contributed by atoms with Gasteiger partial charge in [-0.2, -0.15) is 0 Å². The number of rotatable bonds is 10. The van der Waals surface area contributed by atoms with Crippen LogP contribution in [0, 0.1) is 0 Å². The number of anilines is 2. The number of hydrogen-bond acceptors (Lipinski definition) is 8. The highest BCUT2D eigenvalue weighted by Gasteiger charge is 2.54. The van der Waals surface area contributed by atoms with E-state index in [0.29, 0.717) is 45.5 Å². The Labute approximate surface area is 288 Å². The fourth-order valence-electron chi connectivity index (χ4n) is 5.58. The summed E-state index contributed by atoms with van der Waals surface area (Å²) in [7, 11) is 1.50. The second-order valence-electron chi connectivity index (χ2n) is 13.8. The lowest BCUT2D eigenvalue weighted by Crippen LogP contribution is -2.40. The SMILES string of the molecule is COc1cc(NC(C(=O)N2CC3(CC3)c3ccc(OC(F)(F)F)cc32)c2ccc(Cl)cc2)cc(C(C)=NOC(C)(C)C(=O)OC(C)(C)C)c1. The van der Waals surface area contributed by atoms with Gasteiger partial charge in [0.1, 0.15) is 23.1 Å². The van der Waals surface area contributed by atoms with Crippen molar-refractivity contribution >= 4 is 40.6 Å². The number of carbonyl (C=O) groups is 2. The van der Waals surface area contributed by atoms with Crippen molar-refractivity contribution in [2.75, 3.05) is 23.9 Å². The molecule has 1 aliphatic heterocycles. The summed E-state index contributed by atoms with van der Waals surface area (Å²) >= 11 is 6.18. The summed E-state index contributed by atoms with van der Waals surface area (Å²) in [5.74, 6) is -0.918. The second kappa shape index (κ2) is 13.1. The molecule has 1 N–H and O–H groups in total. The van der Waals surface area contributed by atoms with E-state index in [4.69, 9.17) is 25.9 Å². The maximum Gasteiger partial charge on any atom is 0.573 e. The maximum atomic E-state index is 14.5. The first-order chi connectivity index (χ1) is 22.8. The fraction of sp³-hybridized carbons (Fsp3) is 0.417. The summed E-state index contributed by atoms with van der Waals surface area (Å²) in [4.78, 5) is 34.4. The van der Waals surface area contributed by atoms with E-state index in [1.165, 1.54) is 24.1 Å². The van der Waals surface area contributed by atoms with E-state index in [1.807, 2.05) is 0 Å². The van der Waals surface area contributed by atoms with Crippen LogP contribution >= 0.6 is 11.6 Å². The van der Waals surface area contributed by atoms with Gasteiger partial charge in [0.25, 0.3) is 5.91 Å². The molecule has 262 valence electrons. The van der Waals surface area contributed by atoms with E-state index in [9.17, 15) is 22.8 Å². The zero-order valence-electron chi connectivity index (χ0n) is 28.3. The van der Waals surface area contributed by atoms with E-state index in [2.05, 4.69) is 15.2 Å². The van der Waals surface area contributed by atoms with Gasteiger partial charge in [0.05, 0.1) is 18.5 Å². The minimum Gasteiger partial charge on any atom is -0.497 e. The molecule has 3 aromatic carbocycles. The number of alkyl halides is 3. The molecule has 5 rings (SSSR count). The molecule has 2 aliphatic rings. The van der Waals surface area contributed by atoms with Crippen LogP contribution in [0.1, 0.15) is 77.1 Å². The lowest BCUT2D eigenvalue weighted by molar-refractivity contribution is -0.274. The molecule has 49 heavy (non-hydrogen) atoms. The van der Waals surface area contributed by atoms with Gasteiger partial charge in [0, 0.05) is 40.4 Å². The highest BCUT2D eigenvalue weighted by atomic mass is 35.5. The van der Waals surface area contributed by atoms with E-state index < -0.39 is 35.3 Å². The van der Waals surface area contributed by atoms with Crippen LogP contribution in [0.3, 0.4) is 0 Å². The summed E-state index contributed by atoms with van der Waals surface area (Å²) in [5.41, 5.74) is 0.838. The lowest BCUT2D eigenvalue weighted by atomic mass is 9.99. The van der Waals surface area contributed by atoms with Crippen molar-refractivity contribution in [3.8, 4) is 11.5 Å². The summed E-state index contributed by atoms with van der Waals surface area (Å²) in [5, 5.41) is 7.99. The quantitative estimate of drug-likeness (QED) is 0.129. The Morgan fingerprint density at radius 1 is 0.959 bits per heavy atom. The van der Waals surface area contributed by atoms with E-state index in [-0.39, 0.29) is 11.3 Å². The summed E-state index contributed by atoms with van der Waals surface area (Å²) in [6, 6.07) is 15.1. The third kappa shape index (κ3) is 8.41. The summed E-state index contributed by atoms with van der Waals surface area (Å²) in [6.07, 6.45) is -3.26. The number of nitrogens with zero attached hydrogens (tertiary/aromatic N) is 2. The largest absolute Gasteiger partial charge is 0.573 e. The zero-order valence-corrected chi connectivity index (χ0v) is 29.1. The molecule has 1 aliphatic carbocycles. The predicted octanol–water partition coefficient (Wildman–Crippen LogP) is 8.34. The molecule has 1 spiro atoms. The average molecular weight is 702 g/mol. The minimum absolute atomic E-state index is 0.309. The third-order valence-electron chi connectivity index (χ3n) is 8.27. The first-order valence-electron chi connectivity index (χ1n) is 15.7. The first-order valence-corrected chi connectivity index (χ1v) is 16.1. The van der Waals surface area contributed by atoms with Crippen LogP contribution in [0.4, 0.5) is 24.5 Å². The molecule has 1 atom stereocenters. The number of amides is 1. The molecule has 0 saturated heterocycles.